The summed E-state index contributed by atoms with van der Waals surface area (Å²) in [4.78, 5) is 8.76. The molecule has 0 bridgehead atoms. The van der Waals surface area contributed by atoms with E-state index in [0.717, 1.165) is 69.5 Å². The van der Waals surface area contributed by atoms with E-state index in [-0.39, 0.29) is 12.1 Å². The summed E-state index contributed by atoms with van der Waals surface area (Å²) in [6.45, 7) is 6.37. The summed E-state index contributed by atoms with van der Waals surface area (Å²) >= 11 is -0.889. The first-order valence-electron chi connectivity index (χ1n) is 11.6. The van der Waals surface area contributed by atoms with Crippen molar-refractivity contribution in [1.29, 1.82) is 0 Å². The first-order valence-corrected chi connectivity index (χ1v) is 12.8. The van der Waals surface area contributed by atoms with E-state index >= 15 is 0 Å². The van der Waals surface area contributed by atoms with E-state index in [1.165, 1.54) is 5.56 Å². The molecule has 7 nitrogen and oxygen atoms in total. The van der Waals surface area contributed by atoms with Gasteiger partial charge in [-0.2, -0.15) is 0 Å². The predicted octanol–water partition coefficient (Wildman–Crippen LogP) is 2.76. The van der Waals surface area contributed by atoms with Gasteiger partial charge in [0, 0.05) is 35.5 Å². The monoisotopic (exact) mass is 436 g/mol. The molecule has 2 aliphatic carbocycles. The van der Waals surface area contributed by atoms with Gasteiger partial charge in [-0.15, -0.1) is 4.72 Å². The molecule has 3 fully saturated rings. The van der Waals surface area contributed by atoms with Gasteiger partial charge in [0.25, 0.3) is 0 Å². The fourth-order valence-electron chi connectivity index (χ4n) is 4.74. The van der Waals surface area contributed by atoms with E-state index in [4.69, 9.17) is 9.47 Å². The van der Waals surface area contributed by atoms with Gasteiger partial charge in [0.1, 0.15) is 11.6 Å². The smallest absolute Gasteiger partial charge is 0.220 e. The Morgan fingerprint density at radius 3 is 2.70 bits per heavy atom. The van der Waals surface area contributed by atoms with Crippen molar-refractivity contribution in [2.75, 3.05) is 19.8 Å². The van der Waals surface area contributed by atoms with E-state index in [1.54, 1.807) is 6.33 Å². The fourth-order valence-corrected chi connectivity index (χ4v) is 6.08. The van der Waals surface area contributed by atoms with Crippen LogP contribution >= 0.6 is 0 Å². The van der Waals surface area contributed by atoms with E-state index in [0.29, 0.717) is 30.5 Å². The van der Waals surface area contributed by atoms with Crippen molar-refractivity contribution >= 4 is 11.4 Å². The molecule has 1 aromatic rings. The van der Waals surface area contributed by atoms with E-state index in [2.05, 4.69) is 26.9 Å². The molecule has 1 aromatic heterocycles. The van der Waals surface area contributed by atoms with Crippen LogP contribution in [0.4, 0.5) is 0 Å². The number of piperidine rings is 1. The Hall–Kier alpha value is -0.930. The lowest BCUT2D eigenvalue weighted by Crippen LogP contribution is -2.56. The van der Waals surface area contributed by atoms with Crippen LogP contribution in [0.25, 0.3) is 0 Å². The molecule has 1 aliphatic heterocycles. The fraction of sp³-hybridized carbons (Fsp3) is 0.818. The minimum absolute atomic E-state index is 0.244. The maximum absolute atomic E-state index is 12.3. The molecule has 2 N–H and O–H groups in total. The Morgan fingerprint density at radius 1 is 1.17 bits per heavy atom. The van der Waals surface area contributed by atoms with Crippen LogP contribution in [-0.4, -0.2) is 57.7 Å². The Bertz CT molecular complexity index is 682. The number of nitrogens with one attached hydrogen (secondary N) is 2. The van der Waals surface area contributed by atoms with Crippen molar-refractivity contribution in [3.63, 3.8) is 0 Å². The highest BCUT2D eigenvalue weighted by molar-refractivity contribution is 7.90. The van der Waals surface area contributed by atoms with E-state index < -0.39 is 11.4 Å². The second-order valence-electron chi connectivity index (χ2n) is 8.84. The van der Waals surface area contributed by atoms with Gasteiger partial charge in [-0.1, -0.05) is 0 Å². The van der Waals surface area contributed by atoms with Crippen LogP contribution in [0.15, 0.2) is 6.33 Å². The summed E-state index contributed by atoms with van der Waals surface area (Å²) in [6, 6.07) is 0.489. The average Bonchev–Trinajstić information content (AvgIpc) is 3.60. The lowest BCUT2D eigenvalue weighted by atomic mass is 9.82. The van der Waals surface area contributed by atoms with Crippen LogP contribution in [0.5, 0.6) is 5.88 Å². The van der Waals surface area contributed by atoms with Crippen LogP contribution in [-0.2, 0) is 16.1 Å². The molecule has 8 heteroatoms. The van der Waals surface area contributed by atoms with Gasteiger partial charge in [0.2, 0.25) is 5.88 Å². The third-order valence-electron chi connectivity index (χ3n) is 6.60. The molecule has 2 saturated carbocycles. The highest BCUT2D eigenvalue weighted by Gasteiger charge is 2.38. The quantitative estimate of drug-likeness (QED) is 0.575. The molecule has 0 amide bonds. The molecule has 2 heterocycles. The number of hydrogen-bond donors (Lipinski definition) is 2. The normalized spacial score (nSPS) is 30.8. The van der Waals surface area contributed by atoms with Crippen LogP contribution < -0.4 is 14.8 Å². The highest BCUT2D eigenvalue weighted by Crippen LogP contribution is 2.38. The molecule has 3 aliphatic rings. The summed E-state index contributed by atoms with van der Waals surface area (Å²) in [5.74, 6) is 1.19. The molecule has 0 aromatic carbocycles. The molecular formula is C22H36N4O3S. The summed E-state index contributed by atoms with van der Waals surface area (Å²) in [5.41, 5.74) is 2.21. The van der Waals surface area contributed by atoms with Gasteiger partial charge in [-0.05, 0) is 64.8 Å². The summed E-state index contributed by atoms with van der Waals surface area (Å²) < 4.78 is 27.8. The van der Waals surface area contributed by atoms with Gasteiger partial charge in [0.05, 0.1) is 31.4 Å². The number of aromatic nitrogens is 2. The maximum atomic E-state index is 12.3. The second kappa shape index (κ2) is 10.6. The zero-order valence-electron chi connectivity index (χ0n) is 18.3. The Balaban J connectivity index is 1.26. The van der Waals surface area contributed by atoms with Crippen molar-refractivity contribution in [2.24, 2.45) is 0 Å². The van der Waals surface area contributed by atoms with Crippen LogP contribution in [0.3, 0.4) is 0 Å². The molecular weight excluding hydrogens is 400 g/mol. The predicted molar refractivity (Wildman–Crippen MR) is 118 cm³/mol. The Labute approximate surface area is 183 Å². The highest BCUT2D eigenvalue weighted by atomic mass is 32.2. The number of aryl methyl sites for hydroxylation is 1. The largest absolute Gasteiger partial charge is 0.598 e. The number of hydrogen-bond acceptors (Lipinski definition) is 7. The molecule has 3 atom stereocenters. The summed E-state index contributed by atoms with van der Waals surface area (Å²) in [7, 11) is 0. The van der Waals surface area contributed by atoms with Crippen molar-refractivity contribution < 1.29 is 14.0 Å². The van der Waals surface area contributed by atoms with Gasteiger partial charge in [0.15, 0.2) is 0 Å². The van der Waals surface area contributed by atoms with Crippen molar-refractivity contribution in [1.82, 2.24) is 20.0 Å². The van der Waals surface area contributed by atoms with Crippen molar-refractivity contribution in [3.8, 4) is 5.88 Å². The van der Waals surface area contributed by atoms with E-state index in [9.17, 15) is 4.55 Å². The SMILES string of the molecule is CCOc1ncnc(C)c1[C@H]1CC[C@@H](OCC2NCCCC2N[S+]([O-])C2CC2)CC1. The number of rotatable bonds is 9. The lowest BCUT2D eigenvalue weighted by Gasteiger charge is -2.35. The van der Waals surface area contributed by atoms with Crippen LogP contribution in [0.1, 0.15) is 75.5 Å². The van der Waals surface area contributed by atoms with Crippen molar-refractivity contribution in [2.45, 2.75) is 94.6 Å². The molecule has 0 radical (unpaired) electrons. The Kier molecular flexibility index (Phi) is 7.86. The molecule has 3 unspecified atom stereocenters. The Morgan fingerprint density at radius 2 is 1.97 bits per heavy atom. The number of ether oxygens (including phenoxy) is 2. The zero-order valence-corrected chi connectivity index (χ0v) is 19.1. The first-order chi connectivity index (χ1) is 14.7. The first kappa shape index (κ1) is 22.3. The van der Waals surface area contributed by atoms with Crippen molar-refractivity contribution in [3.05, 3.63) is 17.6 Å². The minimum atomic E-state index is -0.889. The molecule has 1 saturated heterocycles. The lowest BCUT2D eigenvalue weighted by molar-refractivity contribution is 0.00500. The van der Waals surface area contributed by atoms with Gasteiger partial charge in [-0.25, -0.2) is 9.97 Å². The molecule has 168 valence electrons. The zero-order chi connectivity index (χ0) is 20.9. The topological polar surface area (TPSA) is 91.4 Å². The maximum Gasteiger partial charge on any atom is 0.220 e. The van der Waals surface area contributed by atoms with Gasteiger partial charge in [-0.3, -0.25) is 0 Å². The third-order valence-corrected chi connectivity index (χ3v) is 8.21. The van der Waals surface area contributed by atoms with Crippen LogP contribution in [0.2, 0.25) is 0 Å². The van der Waals surface area contributed by atoms with Crippen LogP contribution in [0, 0.1) is 6.92 Å². The van der Waals surface area contributed by atoms with E-state index in [1.807, 2.05) is 6.92 Å². The standard InChI is InChI=1S/C22H36N4O3S/c1-3-28-22-21(15(2)24-14-25-22)16-6-8-17(9-7-16)29-13-20-19(5-4-12-23-20)26-30(27)18-10-11-18/h14,16-20,23,26H,3-13H2,1-2H3/t16-,17+,19?,20?,30?. The minimum Gasteiger partial charge on any atom is -0.598 e. The molecule has 4 rings (SSSR count). The second-order valence-corrected chi connectivity index (χ2v) is 10.3. The average molecular weight is 437 g/mol. The van der Waals surface area contributed by atoms with Gasteiger partial charge < -0.3 is 19.3 Å². The van der Waals surface area contributed by atoms with Gasteiger partial charge >= 0.3 is 0 Å². The summed E-state index contributed by atoms with van der Waals surface area (Å²) in [5, 5.41) is 3.95. The molecule has 0 spiro atoms. The molecule has 30 heavy (non-hydrogen) atoms. The summed E-state index contributed by atoms with van der Waals surface area (Å²) in [6.07, 6.45) is 10.5. The third kappa shape index (κ3) is 5.65. The number of nitrogens with zero attached hydrogens (tertiary/aromatic N) is 2.